The van der Waals surface area contributed by atoms with E-state index in [1.54, 1.807) is 31.4 Å². The maximum Gasteiger partial charge on any atom is 0.262 e. The average Bonchev–Trinajstić information content (AvgIpc) is 2.60. The predicted molar refractivity (Wildman–Crippen MR) is 93.0 cm³/mol. The van der Waals surface area contributed by atoms with Crippen molar-refractivity contribution in [2.24, 2.45) is 0 Å². The summed E-state index contributed by atoms with van der Waals surface area (Å²) in [5.41, 5.74) is 0.644. The molecule has 0 radical (unpaired) electrons. The van der Waals surface area contributed by atoms with Gasteiger partial charge in [0.15, 0.2) is 11.6 Å². The Morgan fingerprint density at radius 2 is 1.75 bits per heavy atom. The van der Waals surface area contributed by atoms with Gasteiger partial charge in [-0.3, -0.25) is 4.79 Å². The Morgan fingerprint density at radius 1 is 1.00 bits per heavy atom. The van der Waals surface area contributed by atoms with Crippen LogP contribution in [0.25, 0.3) is 22.4 Å². The molecule has 0 saturated carbocycles. The molecule has 0 aliphatic heterocycles. The number of nitrogens with zero attached hydrogens (tertiary/aromatic N) is 2. The van der Waals surface area contributed by atoms with Crippen LogP contribution in [0.4, 0.5) is 0 Å². The van der Waals surface area contributed by atoms with Crippen molar-refractivity contribution in [2.75, 3.05) is 21.3 Å². The molecule has 124 valence electrons. The van der Waals surface area contributed by atoms with Gasteiger partial charge in [-0.15, -0.1) is 0 Å². The van der Waals surface area contributed by atoms with Crippen LogP contribution in [0.1, 0.15) is 0 Å². The smallest absolute Gasteiger partial charge is 0.262 e. The zero-order valence-electron chi connectivity index (χ0n) is 13.2. The molecule has 3 rings (SSSR count). The Labute approximate surface area is 145 Å². The lowest BCUT2D eigenvalue weighted by Gasteiger charge is -2.09. The lowest BCUT2D eigenvalue weighted by Crippen LogP contribution is -2.11. The molecule has 0 fully saturated rings. The van der Waals surface area contributed by atoms with Crippen LogP contribution in [0.3, 0.4) is 0 Å². The molecule has 1 N–H and O–H groups in total. The van der Waals surface area contributed by atoms with E-state index in [2.05, 4.69) is 30.9 Å². The molecule has 0 amide bonds. The Balaban J connectivity index is 2.24. The first kappa shape index (κ1) is 16.3. The van der Waals surface area contributed by atoms with Crippen LogP contribution in [-0.2, 0) is 0 Å². The molecular weight excluding hydrogens is 378 g/mol. The van der Waals surface area contributed by atoms with Crippen LogP contribution in [0, 0.1) is 0 Å². The third-order valence-electron chi connectivity index (χ3n) is 3.48. The summed E-state index contributed by atoms with van der Waals surface area (Å²) in [5.74, 6) is 1.87. The SMILES string of the molecule is COc1cc(OC)c2c(=O)[nH]c(-c3ccc(OC)c(Br)n3)nc2c1. The third kappa shape index (κ3) is 2.80. The number of rotatable bonds is 4. The minimum atomic E-state index is -0.316. The number of aromatic nitrogens is 3. The average molecular weight is 392 g/mol. The van der Waals surface area contributed by atoms with Gasteiger partial charge in [0.2, 0.25) is 0 Å². The van der Waals surface area contributed by atoms with E-state index in [1.807, 2.05) is 0 Å². The molecule has 2 aromatic heterocycles. The first-order valence-electron chi connectivity index (χ1n) is 6.94. The molecule has 2 heterocycles. The molecule has 8 heteroatoms. The highest BCUT2D eigenvalue weighted by atomic mass is 79.9. The number of benzene rings is 1. The molecule has 7 nitrogen and oxygen atoms in total. The zero-order chi connectivity index (χ0) is 17.3. The maximum absolute atomic E-state index is 12.5. The van der Waals surface area contributed by atoms with E-state index in [0.717, 1.165) is 0 Å². The van der Waals surface area contributed by atoms with Crippen LogP contribution in [0.5, 0.6) is 17.2 Å². The summed E-state index contributed by atoms with van der Waals surface area (Å²) < 4.78 is 16.2. The van der Waals surface area contributed by atoms with E-state index in [9.17, 15) is 4.79 Å². The monoisotopic (exact) mass is 391 g/mol. The van der Waals surface area contributed by atoms with E-state index < -0.39 is 0 Å². The van der Waals surface area contributed by atoms with Crippen molar-refractivity contribution >= 4 is 26.8 Å². The highest BCUT2D eigenvalue weighted by Crippen LogP contribution is 2.29. The summed E-state index contributed by atoms with van der Waals surface area (Å²) in [4.78, 5) is 24.0. The number of hydrogen-bond donors (Lipinski definition) is 1. The lowest BCUT2D eigenvalue weighted by atomic mass is 10.2. The van der Waals surface area contributed by atoms with Crippen LogP contribution >= 0.6 is 15.9 Å². The number of H-pyrrole nitrogens is 1. The molecule has 3 aromatic rings. The van der Waals surface area contributed by atoms with Crippen molar-refractivity contribution in [2.45, 2.75) is 0 Å². The second-order valence-electron chi connectivity index (χ2n) is 4.83. The van der Waals surface area contributed by atoms with Gasteiger partial charge in [-0.1, -0.05) is 0 Å². The Bertz CT molecular complexity index is 971. The molecule has 0 aliphatic carbocycles. The number of methoxy groups -OCH3 is 3. The Morgan fingerprint density at radius 3 is 2.38 bits per heavy atom. The molecule has 1 aromatic carbocycles. The van der Waals surface area contributed by atoms with E-state index in [0.29, 0.717) is 44.3 Å². The molecular formula is C16H14BrN3O4. The topological polar surface area (TPSA) is 86.3 Å². The van der Waals surface area contributed by atoms with Gasteiger partial charge in [0.05, 0.1) is 26.8 Å². The summed E-state index contributed by atoms with van der Waals surface area (Å²) in [6.07, 6.45) is 0. The number of hydrogen-bond acceptors (Lipinski definition) is 6. The molecule has 0 bridgehead atoms. The quantitative estimate of drug-likeness (QED) is 0.688. The van der Waals surface area contributed by atoms with Crippen molar-refractivity contribution in [1.29, 1.82) is 0 Å². The van der Waals surface area contributed by atoms with Gasteiger partial charge in [-0.05, 0) is 28.1 Å². The summed E-state index contributed by atoms with van der Waals surface area (Å²) in [7, 11) is 4.58. The largest absolute Gasteiger partial charge is 0.497 e. The second kappa shape index (κ2) is 6.48. The van der Waals surface area contributed by atoms with Crippen molar-refractivity contribution in [3.63, 3.8) is 0 Å². The van der Waals surface area contributed by atoms with Crippen LogP contribution < -0.4 is 19.8 Å². The minimum absolute atomic E-state index is 0.316. The molecule has 0 unspecified atom stereocenters. The molecule has 0 aliphatic rings. The number of nitrogens with one attached hydrogen (secondary N) is 1. The first-order valence-corrected chi connectivity index (χ1v) is 7.73. The van der Waals surface area contributed by atoms with E-state index >= 15 is 0 Å². The standard InChI is InChI=1S/C16H14BrN3O4/c1-22-8-6-10-13(12(7-8)24-3)16(21)20-15(19-10)9-4-5-11(23-2)14(17)18-9/h4-7H,1-3H3,(H,19,20,21). The van der Waals surface area contributed by atoms with Gasteiger partial charge >= 0.3 is 0 Å². The number of aromatic amines is 1. The van der Waals surface area contributed by atoms with Gasteiger partial charge in [0.1, 0.15) is 27.2 Å². The summed E-state index contributed by atoms with van der Waals surface area (Å²) >= 11 is 3.32. The van der Waals surface area contributed by atoms with Crippen molar-refractivity contribution in [3.05, 3.63) is 39.2 Å². The predicted octanol–water partition coefficient (Wildman–Crippen LogP) is 2.77. The van der Waals surface area contributed by atoms with Crippen LogP contribution in [0.2, 0.25) is 0 Å². The Hall–Kier alpha value is -2.61. The third-order valence-corrected chi connectivity index (χ3v) is 4.05. The number of fused-ring (bicyclic) bond motifs is 1. The number of ether oxygens (including phenoxy) is 3. The van der Waals surface area contributed by atoms with Crippen molar-refractivity contribution in [3.8, 4) is 28.8 Å². The van der Waals surface area contributed by atoms with Gasteiger partial charge < -0.3 is 19.2 Å². The van der Waals surface area contributed by atoms with Gasteiger partial charge in [-0.2, -0.15) is 0 Å². The van der Waals surface area contributed by atoms with E-state index in [4.69, 9.17) is 14.2 Å². The summed E-state index contributed by atoms with van der Waals surface area (Å²) in [6.45, 7) is 0. The summed E-state index contributed by atoms with van der Waals surface area (Å²) in [5, 5.41) is 0.356. The molecule has 0 atom stereocenters. The number of halogens is 1. The van der Waals surface area contributed by atoms with Crippen LogP contribution in [-0.4, -0.2) is 36.3 Å². The fourth-order valence-electron chi connectivity index (χ4n) is 2.32. The normalized spacial score (nSPS) is 10.7. The first-order chi connectivity index (χ1) is 11.6. The molecule has 24 heavy (non-hydrogen) atoms. The highest BCUT2D eigenvalue weighted by Gasteiger charge is 2.14. The zero-order valence-corrected chi connectivity index (χ0v) is 14.8. The van der Waals surface area contributed by atoms with Crippen molar-refractivity contribution < 1.29 is 14.2 Å². The van der Waals surface area contributed by atoms with E-state index in [1.165, 1.54) is 14.2 Å². The van der Waals surface area contributed by atoms with Crippen LogP contribution in [0.15, 0.2) is 33.7 Å². The fourth-order valence-corrected chi connectivity index (χ4v) is 2.80. The van der Waals surface area contributed by atoms with Gasteiger partial charge in [0.25, 0.3) is 5.56 Å². The number of pyridine rings is 1. The fraction of sp³-hybridized carbons (Fsp3) is 0.188. The Kier molecular flexibility index (Phi) is 4.39. The molecule has 0 saturated heterocycles. The van der Waals surface area contributed by atoms with Gasteiger partial charge in [-0.25, -0.2) is 9.97 Å². The van der Waals surface area contributed by atoms with Crippen molar-refractivity contribution in [1.82, 2.24) is 15.0 Å². The van der Waals surface area contributed by atoms with E-state index in [-0.39, 0.29) is 5.56 Å². The summed E-state index contributed by atoms with van der Waals surface area (Å²) in [6, 6.07) is 6.77. The maximum atomic E-state index is 12.5. The second-order valence-corrected chi connectivity index (χ2v) is 5.58. The highest BCUT2D eigenvalue weighted by molar-refractivity contribution is 9.10. The lowest BCUT2D eigenvalue weighted by molar-refractivity contribution is 0.397. The minimum Gasteiger partial charge on any atom is -0.497 e. The van der Waals surface area contributed by atoms with Gasteiger partial charge in [0, 0.05) is 12.1 Å². The molecule has 0 spiro atoms.